The molecule has 0 aliphatic rings. The maximum atomic E-state index is 12.5. The Kier molecular flexibility index (Phi) is 9.92. The molecule has 12 nitrogen and oxygen atoms in total. The molecule has 0 heterocycles. The van der Waals surface area contributed by atoms with Crippen LogP contribution in [0.3, 0.4) is 0 Å². The Morgan fingerprint density at radius 1 is 0.871 bits per heavy atom. The molecular formula is C19H26N4O8. The van der Waals surface area contributed by atoms with Gasteiger partial charge in [-0.3, -0.25) is 19.2 Å². The zero-order valence-electron chi connectivity index (χ0n) is 16.6. The van der Waals surface area contributed by atoms with Crippen molar-refractivity contribution in [1.82, 2.24) is 10.6 Å². The van der Waals surface area contributed by atoms with Gasteiger partial charge in [0.15, 0.2) is 0 Å². The van der Waals surface area contributed by atoms with Crippen LogP contribution in [0.15, 0.2) is 24.3 Å². The molecule has 0 spiro atoms. The summed E-state index contributed by atoms with van der Waals surface area (Å²) in [5, 5.41) is 31.9. The molecule has 0 saturated heterocycles. The molecule has 0 radical (unpaired) electrons. The van der Waals surface area contributed by atoms with E-state index in [0.29, 0.717) is 5.56 Å². The number of phenolic OH excluding ortho intramolecular Hbond substituents is 1. The molecule has 0 fully saturated rings. The Bertz CT molecular complexity index is 812. The largest absolute Gasteiger partial charge is 0.508 e. The van der Waals surface area contributed by atoms with E-state index in [9.17, 15) is 34.2 Å². The summed E-state index contributed by atoms with van der Waals surface area (Å²) in [4.78, 5) is 58.0. The third kappa shape index (κ3) is 9.58. The topological polar surface area (TPSA) is 222 Å². The third-order valence-electron chi connectivity index (χ3n) is 4.30. The summed E-state index contributed by atoms with van der Waals surface area (Å²) in [5.74, 6) is -5.02. The van der Waals surface area contributed by atoms with Crippen LogP contribution in [0.25, 0.3) is 0 Å². The van der Waals surface area contributed by atoms with Crippen molar-refractivity contribution in [3.05, 3.63) is 29.8 Å². The van der Waals surface area contributed by atoms with Crippen LogP contribution < -0.4 is 22.1 Å². The number of primary amides is 1. The van der Waals surface area contributed by atoms with E-state index in [1.807, 2.05) is 0 Å². The maximum absolute atomic E-state index is 12.5. The van der Waals surface area contributed by atoms with Gasteiger partial charge in [0.1, 0.15) is 17.8 Å². The lowest BCUT2D eigenvalue weighted by molar-refractivity contribution is -0.143. The summed E-state index contributed by atoms with van der Waals surface area (Å²) in [5.41, 5.74) is 11.5. The predicted octanol–water partition coefficient (Wildman–Crippen LogP) is -1.55. The molecule has 0 bridgehead atoms. The molecule has 1 aromatic rings. The molecule has 9 N–H and O–H groups in total. The number of carboxylic acids is 2. The number of nitrogens with two attached hydrogens (primary N) is 2. The van der Waals surface area contributed by atoms with Gasteiger partial charge in [0, 0.05) is 12.8 Å². The van der Waals surface area contributed by atoms with E-state index < -0.39 is 54.2 Å². The average Bonchev–Trinajstić information content (AvgIpc) is 2.68. The molecular weight excluding hydrogens is 412 g/mol. The molecule has 1 aromatic carbocycles. The summed E-state index contributed by atoms with van der Waals surface area (Å²) in [6.07, 6.45) is -1.25. The first kappa shape index (κ1) is 25.4. The van der Waals surface area contributed by atoms with Crippen molar-refractivity contribution in [1.29, 1.82) is 0 Å². The summed E-state index contributed by atoms with van der Waals surface area (Å²) >= 11 is 0. The summed E-state index contributed by atoms with van der Waals surface area (Å²) in [6, 6.07) is 2.07. The lowest BCUT2D eigenvalue weighted by atomic mass is 10.0. The Balaban J connectivity index is 2.82. The first-order valence-corrected chi connectivity index (χ1v) is 9.36. The average molecular weight is 438 g/mol. The van der Waals surface area contributed by atoms with Gasteiger partial charge >= 0.3 is 11.9 Å². The van der Waals surface area contributed by atoms with Crippen molar-refractivity contribution in [3.63, 3.8) is 0 Å². The van der Waals surface area contributed by atoms with E-state index in [1.165, 1.54) is 12.1 Å². The number of nitrogens with one attached hydrogen (secondary N) is 2. The molecule has 12 heteroatoms. The van der Waals surface area contributed by atoms with Gasteiger partial charge in [-0.2, -0.15) is 0 Å². The number of phenols is 1. The second kappa shape index (κ2) is 12.1. The van der Waals surface area contributed by atoms with Crippen LogP contribution in [0.2, 0.25) is 0 Å². The number of carbonyl (C=O) groups is 5. The first-order valence-electron chi connectivity index (χ1n) is 9.36. The Labute approximate surface area is 177 Å². The number of amides is 3. The van der Waals surface area contributed by atoms with Crippen molar-refractivity contribution in [2.24, 2.45) is 11.5 Å². The van der Waals surface area contributed by atoms with E-state index in [-0.39, 0.29) is 31.4 Å². The van der Waals surface area contributed by atoms with Gasteiger partial charge in [-0.25, -0.2) is 4.79 Å². The number of carbonyl (C=O) groups excluding carboxylic acids is 3. The van der Waals surface area contributed by atoms with Crippen molar-refractivity contribution in [2.45, 2.75) is 50.2 Å². The quantitative estimate of drug-likeness (QED) is 0.189. The summed E-state index contributed by atoms with van der Waals surface area (Å²) < 4.78 is 0. The maximum Gasteiger partial charge on any atom is 0.326 e. The number of carboxylic acid groups (broad SMARTS) is 2. The van der Waals surface area contributed by atoms with Crippen LogP contribution in [0, 0.1) is 0 Å². The van der Waals surface area contributed by atoms with E-state index in [1.54, 1.807) is 12.1 Å². The summed E-state index contributed by atoms with van der Waals surface area (Å²) in [6.45, 7) is 0. The Morgan fingerprint density at radius 2 is 1.42 bits per heavy atom. The van der Waals surface area contributed by atoms with E-state index >= 15 is 0 Å². The zero-order chi connectivity index (χ0) is 23.6. The highest BCUT2D eigenvalue weighted by Crippen LogP contribution is 2.11. The van der Waals surface area contributed by atoms with Gasteiger partial charge in [-0.05, 0) is 37.0 Å². The van der Waals surface area contributed by atoms with Gasteiger partial charge < -0.3 is 37.4 Å². The normalized spacial score (nSPS) is 13.5. The molecule has 1 rings (SSSR count). The minimum Gasteiger partial charge on any atom is -0.508 e. The smallest absolute Gasteiger partial charge is 0.326 e. The molecule has 0 aliphatic carbocycles. The van der Waals surface area contributed by atoms with Gasteiger partial charge in [0.05, 0.1) is 6.04 Å². The number of rotatable bonds is 13. The SMILES string of the molecule is NC(=O)CCC(NC(=O)C(CCC(=O)O)NC(=O)C(N)Cc1ccc(O)cc1)C(=O)O. The van der Waals surface area contributed by atoms with Crippen LogP contribution in [0.5, 0.6) is 5.75 Å². The van der Waals surface area contributed by atoms with E-state index in [4.69, 9.17) is 16.6 Å². The fourth-order valence-electron chi connectivity index (χ4n) is 2.61. The lowest BCUT2D eigenvalue weighted by Gasteiger charge is -2.22. The number of aromatic hydroxyl groups is 1. The number of benzene rings is 1. The second-order valence-corrected chi connectivity index (χ2v) is 6.88. The third-order valence-corrected chi connectivity index (χ3v) is 4.30. The molecule has 3 atom stereocenters. The predicted molar refractivity (Wildman–Crippen MR) is 107 cm³/mol. The van der Waals surface area contributed by atoms with Crippen LogP contribution in [0.4, 0.5) is 0 Å². The monoisotopic (exact) mass is 438 g/mol. The fourth-order valence-corrected chi connectivity index (χ4v) is 2.61. The van der Waals surface area contributed by atoms with Gasteiger partial charge in [-0.1, -0.05) is 12.1 Å². The molecule has 3 unspecified atom stereocenters. The standard InChI is InChI=1S/C19H26N4O8/c20-12(9-10-1-3-11(24)4-2-10)17(28)22-13(6-8-16(26)27)18(29)23-14(19(30)31)5-7-15(21)25/h1-4,12-14,24H,5-9,20H2,(H2,21,25)(H,22,28)(H,23,29)(H,26,27)(H,30,31). The highest BCUT2D eigenvalue weighted by Gasteiger charge is 2.28. The Hall–Kier alpha value is -3.67. The second-order valence-electron chi connectivity index (χ2n) is 6.88. The van der Waals surface area contributed by atoms with Gasteiger partial charge in [0.2, 0.25) is 17.7 Å². The molecule has 0 saturated carbocycles. The van der Waals surface area contributed by atoms with Crippen LogP contribution >= 0.6 is 0 Å². The molecule has 0 aromatic heterocycles. The van der Waals surface area contributed by atoms with Gasteiger partial charge in [-0.15, -0.1) is 0 Å². The highest BCUT2D eigenvalue weighted by atomic mass is 16.4. The molecule has 31 heavy (non-hydrogen) atoms. The van der Waals surface area contributed by atoms with Crippen molar-refractivity contribution >= 4 is 29.7 Å². The van der Waals surface area contributed by atoms with E-state index in [2.05, 4.69) is 10.6 Å². The van der Waals surface area contributed by atoms with Crippen molar-refractivity contribution in [3.8, 4) is 5.75 Å². The number of hydrogen-bond acceptors (Lipinski definition) is 7. The van der Waals surface area contributed by atoms with Crippen molar-refractivity contribution in [2.75, 3.05) is 0 Å². The lowest BCUT2D eigenvalue weighted by Crippen LogP contribution is -2.55. The zero-order valence-corrected chi connectivity index (χ0v) is 16.6. The Morgan fingerprint density at radius 3 is 1.94 bits per heavy atom. The minimum atomic E-state index is -1.45. The van der Waals surface area contributed by atoms with E-state index in [0.717, 1.165) is 0 Å². The van der Waals surface area contributed by atoms with Crippen LogP contribution in [0.1, 0.15) is 31.2 Å². The highest BCUT2D eigenvalue weighted by molar-refractivity contribution is 5.92. The van der Waals surface area contributed by atoms with Gasteiger partial charge in [0.25, 0.3) is 0 Å². The van der Waals surface area contributed by atoms with Crippen LogP contribution in [-0.4, -0.2) is 63.1 Å². The molecule has 3 amide bonds. The fraction of sp³-hybridized carbons (Fsp3) is 0.421. The van der Waals surface area contributed by atoms with Crippen LogP contribution in [-0.2, 0) is 30.4 Å². The molecule has 0 aliphatic heterocycles. The summed E-state index contributed by atoms with van der Waals surface area (Å²) in [7, 11) is 0. The molecule has 170 valence electrons. The van der Waals surface area contributed by atoms with Crippen molar-refractivity contribution < 1.29 is 39.3 Å². The minimum absolute atomic E-state index is 0.0384. The number of hydrogen-bond donors (Lipinski definition) is 7. The first-order chi connectivity index (χ1) is 14.5. The number of aliphatic carboxylic acids is 2.